The molecule has 0 atom stereocenters. The molecule has 0 saturated carbocycles. The molecule has 0 bridgehead atoms. The number of unbranched alkanes of at least 4 members (excludes halogenated alkanes) is 1. The van der Waals surface area contributed by atoms with Gasteiger partial charge in [0.15, 0.2) is 11.5 Å². The van der Waals surface area contributed by atoms with Crippen LogP contribution in [-0.2, 0) is 0 Å². The average Bonchev–Trinajstić information content (AvgIpc) is 2.67. The molecule has 2 aromatic rings. The van der Waals surface area contributed by atoms with Crippen LogP contribution < -0.4 is 24.8 Å². The Hall–Kier alpha value is -3.03. The molecule has 1 aromatic heterocycles. The Morgan fingerprint density at radius 2 is 1.73 bits per heavy atom. The fourth-order valence-corrected chi connectivity index (χ4v) is 2.32. The van der Waals surface area contributed by atoms with E-state index in [1.54, 1.807) is 18.2 Å². The van der Waals surface area contributed by atoms with Gasteiger partial charge in [0, 0.05) is 30.4 Å². The number of carbonyl (C=O) groups excluding carboxylic acids is 1. The summed E-state index contributed by atoms with van der Waals surface area (Å²) in [5.41, 5.74) is 0.761. The predicted octanol–water partition coefficient (Wildman–Crippen LogP) is 2.97. The van der Waals surface area contributed by atoms with Crippen LogP contribution in [0.4, 0.5) is 11.5 Å². The van der Waals surface area contributed by atoms with E-state index in [9.17, 15) is 4.79 Å². The van der Waals surface area contributed by atoms with Crippen molar-refractivity contribution in [1.29, 1.82) is 0 Å². The number of methoxy groups -OCH3 is 3. The number of anilines is 2. The Balaban J connectivity index is 2.18. The number of hydrogen-bond acceptors (Lipinski definition) is 7. The monoisotopic (exact) mass is 360 g/mol. The van der Waals surface area contributed by atoms with Gasteiger partial charge in [0.05, 0.1) is 21.3 Å². The predicted molar refractivity (Wildman–Crippen MR) is 99.5 cm³/mol. The molecule has 0 fully saturated rings. The van der Waals surface area contributed by atoms with Crippen molar-refractivity contribution in [2.45, 2.75) is 19.8 Å². The lowest BCUT2D eigenvalue weighted by molar-refractivity contribution is 0.102. The van der Waals surface area contributed by atoms with Crippen LogP contribution in [0.3, 0.4) is 0 Å². The highest BCUT2D eigenvalue weighted by Gasteiger charge is 2.16. The minimum absolute atomic E-state index is 0.257. The first-order valence-corrected chi connectivity index (χ1v) is 8.30. The number of ether oxygens (including phenoxy) is 3. The second kappa shape index (κ2) is 9.45. The van der Waals surface area contributed by atoms with Gasteiger partial charge in [-0.25, -0.2) is 9.97 Å². The summed E-state index contributed by atoms with van der Waals surface area (Å²) in [6.45, 7) is 2.90. The highest BCUT2D eigenvalue weighted by molar-refractivity contribution is 6.03. The maximum atomic E-state index is 12.5. The molecule has 2 rings (SSSR count). The van der Waals surface area contributed by atoms with Gasteiger partial charge in [-0.05, 0) is 6.42 Å². The molecule has 8 heteroatoms. The third-order valence-electron chi connectivity index (χ3n) is 3.66. The number of aromatic nitrogens is 2. The van der Waals surface area contributed by atoms with E-state index in [0.29, 0.717) is 28.8 Å². The maximum Gasteiger partial charge on any atom is 0.274 e. The van der Waals surface area contributed by atoms with E-state index in [4.69, 9.17) is 14.2 Å². The third-order valence-corrected chi connectivity index (χ3v) is 3.66. The van der Waals surface area contributed by atoms with Gasteiger partial charge in [0.2, 0.25) is 5.75 Å². The number of nitrogens with zero attached hydrogens (tertiary/aromatic N) is 2. The van der Waals surface area contributed by atoms with Crippen molar-refractivity contribution in [3.63, 3.8) is 0 Å². The van der Waals surface area contributed by atoms with Crippen molar-refractivity contribution in [1.82, 2.24) is 9.97 Å². The Morgan fingerprint density at radius 3 is 2.31 bits per heavy atom. The Kier molecular flexibility index (Phi) is 7.02. The van der Waals surface area contributed by atoms with Crippen molar-refractivity contribution in [3.05, 3.63) is 30.2 Å². The van der Waals surface area contributed by atoms with Crippen LogP contribution in [0, 0.1) is 0 Å². The first-order valence-electron chi connectivity index (χ1n) is 8.30. The van der Waals surface area contributed by atoms with Crippen LogP contribution in [0.5, 0.6) is 17.2 Å². The zero-order valence-electron chi connectivity index (χ0n) is 15.5. The van der Waals surface area contributed by atoms with Gasteiger partial charge in [0.1, 0.15) is 17.8 Å². The second-order valence-corrected chi connectivity index (χ2v) is 5.44. The minimum atomic E-state index is -0.361. The number of nitrogens with one attached hydrogen (secondary N) is 2. The number of amides is 1. The Labute approximate surface area is 152 Å². The fraction of sp³-hybridized carbons (Fsp3) is 0.389. The summed E-state index contributed by atoms with van der Waals surface area (Å²) in [5, 5.41) is 5.95. The summed E-state index contributed by atoms with van der Waals surface area (Å²) < 4.78 is 15.9. The van der Waals surface area contributed by atoms with Crippen LogP contribution in [-0.4, -0.2) is 43.7 Å². The smallest absolute Gasteiger partial charge is 0.274 e. The van der Waals surface area contributed by atoms with Crippen molar-refractivity contribution >= 4 is 17.4 Å². The van der Waals surface area contributed by atoms with E-state index in [1.165, 1.54) is 27.7 Å². The summed E-state index contributed by atoms with van der Waals surface area (Å²) in [6.07, 6.45) is 3.46. The summed E-state index contributed by atoms with van der Waals surface area (Å²) in [7, 11) is 4.55. The Bertz CT molecular complexity index is 727. The van der Waals surface area contributed by atoms with Crippen LogP contribution in [0.2, 0.25) is 0 Å². The average molecular weight is 360 g/mol. The molecule has 0 aliphatic heterocycles. The molecule has 26 heavy (non-hydrogen) atoms. The largest absolute Gasteiger partial charge is 0.493 e. The van der Waals surface area contributed by atoms with Crippen LogP contribution in [0.15, 0.2) is 24.5 Å². The molecule has 1 heterocycles. The lowest BCUT2D eigenvalue weighted by Gasteiger charge is -2.14. The van der Waals surface area contributed by atoms with E-state index < -0.39 is 0 Å². The first kappa shape index (κ1) is 19.3. The van der Waals surface area contributed by atoms with Gasteiger partial charge >= 0.3 is 0 Å². The quantitative estimate of drug-likeness (QED) is 0.664. The second-order valence-electron chi connectivity index (χ2n) is 5.44. The maximum absolute atomic E-state index is 12.5. The molecule has 1 amide bonds. The number of carbonyl (C=O) groups is 1. The van der Waals surface area contributed by atoms with Gasteiger partial charge in [-0.2, -0.15) is 0 Å². The molecule has 0 aliphatic carbocycles. The molecule has 2 N–H and O–H groups in total. The topological polar surface area (TPSA) is 94.6 Å². The molecule has 140 valence electrons. The van der Waals surface area contributed by atoms with Gasteiger partial charge in [-0.1, -0.05) is 13.3 Å². The summed E-state index contributed by atoms with van der Waals surface area (Å²) in [4.78, 5) is 20.7. The summed E-state index contributed by atoms with van der Waals surface area (Å²) in [6, 6.07) is 4.92. The zero-order chi connectivity index (χ0) is 18.9. The molecular formula is C18H24N4O4. The van der Waals surface area contributed by atoms with Crippen molar-refractivity contribution < 1.29 is 19.0 Å². The molecular weight excluding hydrogens is 336 g/mol. The van der Waals surface area contributed by atoms with Gasteiger partial charge < -0.3 is 24.8 Å². The SMILES string of the molecule is CCCCNc1cc(C(=O)Nc2cc(OC)c(OC)c(OC)c2)ncn1. The zero-order valence-corrected chi connectivity index (χ0v) is 15.5. The highest BCUT2D eigenvalue weighted by Crippen LogP contribution is 2.39. The van der Waals surface area contributed by atoms with Crippen molar-refractivity contribution in [2.24, 2.45) is 0 Å². The van der Waals surface area contributed by atoms with Crippen LogP contribution >= 0.6 is 0 Å². The van der Waals surface area contributed by atoms with Gasteiger partial charge in [-0.15, -0.1) is 0 Å². The third kappa shape index (κ3) is 4.75. The fourth-order valence-electron chi connectivity index (χ4n) is 2.32. The Morgan fingerprint density at radius 1 is 1.04 bits per heavy atom. The lowest BCUT2D eigenvalue weighted by atomic mass is 10.2. The van der Waals surface area contributed by atoms with Gasteiger partial charge in [0.25, 0.3) is 5.91 Å². The molecule has 0 unspecified atom stereocenters. The normalized spacial score (nSPS) is 10.2. The molecule has 1 aromatic carbocycles. The first-order chi connectivity index (χ1) is 12.6. The van der Waals surface area contributed by atoms with E-state index >= 15 is 0 Å². The van der Waals surface area contributed by atoms with Crippen molar-refractivity contribution in [3.8, 4) is 17.2 Å². The molecule has 0 saturated heterocycles. The lowest BCUT2D eigenvalue weighted by Crippen LogP contribution is -2.15. The standard InChI is InChI=1S/C18H24N4O4/c1-5-6-7-19-16-10-13(20-11-21-16)18(23)22-12-8-14(24-2)17(26-4)15(9-12)25-3/h8-11H,5-7H2,1-4H3,(H,22,23)(H,19,20,21). The molecule has 0 radical (unpaired) electrons. The van der Waals surface area contributed by atoms with Gasteiger partial charge in [-0.3, -0.25) is 4.79 Å². The summed E-state index contributed by atoms with van der Waals surface area (Å²) >= 11 is 0. The number of rotatable bonds is 9. The molecule has 0 aliphatic rings. The van der Waals surface area contributed by atoms with Crippen LogP contribution in [0.25, 0.3) is 0 Å². The van der Waals surface area contributed by atoms with E-state index in [-0.39, 0.29) is 11.6 Å². The van der Waals surface area contributed by atoms with Crippen molar-refractivity contribution in [2.75, 3.05) is 38.5 Å². The number of benzene rings is 1. The number of hydrogen-bond donors (Lipinski definition) is 2. The molecule has 0 spiro atoms. The van der Waals surface area contributed by atoms with E-state index in [1.807, 2.05) is 0 Å². The highest BCUT2D eigenvalue weighted by atomic mass is 16.5. The minimum Gasteiger partial charge on any atom is -0.493 e. The van der Waals surface area contributed by atoms with E-state index in [2.05, 4.69) is 27.5 Å². The molecule has 8 nitrogen and oxygen atoms in total. The van der Waals surface area contributed by atoms with Crippen LogP contribution in [0.1, 0.15) is 30.3 Å². The summed E-state index contributed by atoms with van der Waals surface area (Å²) in [5.74, 6) is 1.61. The van der Waals surface area contributed by atoms with E-state index in [0.717, 1.165) is 19.4 Å².